The molecule has 0 aromatic carbocycles. The summed E-state index contributed by atoms with van der Waals surface area (Å²) in [7, 11) is 3.67. The van der Waals surface area contributed by atoms with Crippen molar-refractivity contribution in [3.63, 3.8) is 0 Å². The highest BCUT2D eigenvalue weighted by molar-refractivity contribution is 5.75. The molecule has 0 spiro atoms. The molecule has 0 saturated heterocycles. The molecular weight excluding hydrogens is 358 g/mol. The Bertz CT molecular complexity index is 493. The van der Waals surface area contributed by atoms with Gasteiger partial charge in [-0.3, -0.25) is 4.79 Å². The van der Waals surface area contributed by atoms with Gasteiger partial charge in [0.2, 0.25) is 5.91 Å². The van der Waals surface area contributed by atoms with Crippen LogP contribution < -0.4 is 0 Å². The third-order valence-corrected chi connectivity index (χ3v) is 6.90. The third-order valence-electron chi connectivity index (χ3n) is 6.90. The molecule has 1 rings (SSSR count). The minimum Gasteiger partial charge on any atom is -0.389 e. The Balaban J connectivity index is 1.93. The van der Waals surface area contributed by atoms with E-state index >= 15 is 0 Å². The summed E-state index contributed by atoms with van der Waals surface area (Å²) >= 11 is 0. The van der Waals surface area contributed by atoms with Gasteiger partial charge in [0.15, 0.2) is 0 Å². The molecule has 0 fully saturated rings. The van der Waals surface area contributed by atoms with Crippen LogP contribution in [0.25, 0.3) is 0 Å². The molecule has 1 atom stereocenters. The number of aliphatic hydroxyl groups is 1. The quantitative estimate of drug-likeness (QED) is 0.234. The molecule has 1 aliphatic carbocycles. The third kappa shape index (κ3) is 10.7. The summed E-state index contributed by atoms with van der Waals surface area (Å²) in [6.45, 7) is 6.84. The maximum absolute atomic E-state index is 11.5. The fraction of sp³-hybridized carbons (Fsp3) is 0.885. The van der Waals surface area contributed by atoms with Gasteiger partial charge in [-0.15, -0.1) is 0 Å². The first kappa shape index (κ1) is 26.2. The van der Waals surface area contributed by atoms with Crippen LogP contribution in [0, 0.1) is 5.41 Å². The number of hydrogen-bond acceptors (Lipinski definition) is 2. The number of rotatable bonds is 15. The molecule has 0 aromatic heterocycles. The van der Waals surface area contributed by atoms with Gasteiger partial charge in [-0.1, -0.05) is 83.6 Å². The smallest absolute Gasteiger partial charge is 0.222 e. The molecule has 0 aromatic rings. The van der Waals surface area contributed by atoms with Crippen molar-refractivity contribution in [3.8, 4) is 0 Å². The maximum Gasteiger partial charge on any atom is 0.222 e. The molecule has 3 nitrogen and oxygen atoms in total. The van der Waals surface area contributed by atoms with Crippen molar-refractivity contribution in [1.82, 2.24) is 4.90 Å². The van der Waals surface area contributed by atoms with Gasteiger partial charge >= 0.3 is 0 Å². The first-order valence-electron chi connectivity index (χ1n) is 12.3. The Kier molecular flexibility index (Phi) is 12.9. The Hall–Kier alpha value is -0.830. The zero-order valence-electron chi connectivity index (χ0n) is 20.2. The Labute approximate surface area is 181 Å². The van der Waals surface area contributed by atoms with Gasteiger partial charge in [0.05, 0.1) is 6.10 Å². The zero-order valence-corrected chi connectivity index (χ0v) is 20.2. The van der Waals surface area contributed by atoms with Gasteiger partial charge in [0, 0.05) is 20.5 Å². The first-order valence-corrected chi connectivity index (χ1v) is 12.3. The van der Waals surface area contributed by atoms with E-state index in [4.69, 9.17) is 0 Å². The summed E-state index contributed by atoms with van der Waals surface area (Å²) in [5, 5.41) is 10.2. The standard InChI is InChI=1S/C26H49NO2/c1-22-23(26(2,3)21-20-24(22)28)18-16-14-12-10-8-6-7-9-11-13-15-17-19-25(29)27(4)5/h24,28H,6-21H2,1-5H3. The fourth-order valence-corrected chi connectivity index (χ4v) is 4.70. The highest BCUT2D eigenvalue weighted by Crippen LogP contribution is 2.42. The second-order valence-corrected chi connectivity index (χ2v) is 10.1. The van der Waals surface area contributed by atoms with Crippen molar-refractivity contribution in [2.45, 2.75) is 130 Å². The SMILES string of the molecule is CC1=C(CCCCCCCCCCCCCCC(=O)N(C)C)C(C)(C)CCC1O. The van der Waals surface area contributed by atoms with E-state index in [1.54, 1.807) is 4.90 Å². The summed E-state index contributed by atoms with van der Waals surface area (Å²) in [6.07, 6.45) is 19.4. The molecule has 0 heterocycles. The normalized spacial score (nSPS) is 18.9. The number of allylic oxidation sites excluding steroid dienone is 1. The number of carbonyl (C=O) groups is 1. The molecule has 0 bridgehead atoms. The van der Waals surface area contributed by atoms with Gasteiger partial charge in [-0.2, -0.15) is 0 Å². The van der Waals surface area contributed by atoms with Gasteiger partial charge in [0.25, 0.3) is 0 Å². The average Bonchev–Trinajstić information content (AvgIpc) is 2.67. The van der Waals surface area contributed by atoms with Crippen molar-refractivity contribution >= 4 is 5.91 Å². The number of nitrogens with zero attached hydrogens (tertiary/aromatic N) is 1. The van der Waals surface area contributed by atoms with Crippen LogP contribution in [-0.2, 0) is 4.79 Å². The van der Waals surface area contributed by atoms with Crippen LogP contribution in [0.15, 0.2) is 11.1 Å². The van der Waals surface area contributed by atoms with Crippen LogP contribution in [0.1, 0.15) is 124 Å². The fourth-order valence-electron chi connectivity index (χ4n) is 4.70. The van der Waals surface area contributed by atoms with Crippen molar-refractivity contribution in [2.75, 3.05) is 14.1 Å². The van der Waals surface area contributed by atoms with E-state index in [9.17, 15) is 9.90 Å². The van der Waals surface area contributed by atoms with E-state index in [2.05, 4.69) is 20.8 Å². The lowest BCUT2D eigenvalue weighted by Crippen LogP contribution is -2.28. The van der Waals surface area contributed by atoms with Gasteiger partial charge in [-0.05, 0) is 50.0 Å². The molecule has 0 aliphatic heterocycles. The lowest BCUT2D eigenvalue weighted by molar-refractivity contribution is -0.128. The van der Waals surface area contributed by atoms with Crippen LogP contribution >= 0.6 is 0 Å². The Morgan fingerprint density at radius 2 is 1.34 bits per heavy atom. The Morgan fingerprint density at radius 1 is 0.897 bits per heavy atom. The highest BCUT2D eigenvalue weighted by atomic mass is 16.3. The second kappa shape index (κ2) is 14.2. The monoisotopic (exact) mass is 407 g/mol. The second-order valence-electron chi connectivity index (χ2n) is 10.1. The van der Waals surface area contributed by atoms with Gasteiger partial charge in [-0.25, -0.2) is 0 Å². The largest absolute Gasteiger partial charge is 0.389 e. The minimum absolute atomic E-state index is 0.196. The molecular formula is C26H49NO2. The maximum atomic E-state index is 11.5. The topological polar surface area (TPSA) is 40.5 Å². The summed E-state index contributed by atoms with van der Waals surface area (Å²) in [5.74, 6) is 0.261. The Morgan fingerprint density at radius 3 is 1.83 bits per heavy atom. The van der Waals surface area contributed by atoms with Crippen molar-refractivity contribution in [2.24, 2.45) is 5.41 Å². The number of carbonyl (C=O) groups excluding carboxylic acids is 1. The van der Waals surface area contributed by atoms with E-state index in [0.717, 1.165) is 19.3 Å². The average molecular weight is 408 g/mol. The molecule has 1 N–H and O–H groups in total. The highest BCUT2D eigenvalue weighted by Gasteiger charge is 2.31. The van der Waals surface area contributed by atoms with E-state index in [1.807, 2.05) is 14.1 Å². The molecule has 170 valence electrons. The molecule has 0 radical (unpaired) electrons. The van der Waals surface area contributed by atoms with Crippen LogP contribution in [-0.4, -0.2) is 36.1 Å². The van der Waals surface area contributed by atoms with Crippen LogP contribution in [0.5, 0.6) is 0 Å². The first-order chi connectivity index (χ1) is 13.8. The van der Waals surface area contributed by atoms with Crippen LogP contribution in [0.4, 0.5) is 0 Å². The summed E-state index contributed by atoms with van der Waals surface area (Å²) in [5.41, 5.74) is 3.07. The molecule has 1 aliphatic rings. The lowest BCUT2D eigenvalue weighted by atomic mass is 9.70. The minimum atomic E-state index is -0.196. The number of aliphatic hydroxyl groups excluding tert-OH is 1. The molecule has 29 heavy (non-hydrogen) atoms. The van der Waals surface area contributed by atoms with Crippen molar-refractivity contribution in [3.05, 3.63) is 11.1 Å². The van der Waals surface area contributed by atoms with Crippen molar-refractivity contribution < 1.29 is 9.90 Å². The summed E-state index contributed by atoms with van der Waals surface area (Å²) in [4.78, 5) is 13.2. The van der Waals surface area contributed by atoms with E-state index in [-0.39, 0.29) is 17.4 Å². The summed E-state index contributed by atoms with van der Waals surface area (Å²) in [6, 6.07) is 0. The van der Waals surface area contributed by atoms with Crippen LogP contribution in [0.3, 0.4) is 0 Å². The number of amides is 1. The molecule has 1 unspecified atom stereocenters. The van der Waals surface area contributed by atoms with Crippen LogP contribution in [0.2, 0.25) is 0 Å². The summed E-state index contributed by atoms with van der Waals surface area (Å²) < 4.78 is 0. The predicted octanol–water partition coefficient (Wildman–Crippen LogP) is 7.03. The van der Waals surface area contributed by atoms with E-state index in [1.165, 1.54) is 88.2 Å². The number of hydrogen-bond donors (Lipinski definition) is 1. The van der Waals surface area contributed by atoms with Crippen molar-refractivity contribution in [1.29, 1.82) is 0 Å². The molecule has 3 heteroatoms. The number of unbranched alkanes of at least 4 members (excludes halogenated alkanes) is 11. The molecule has 1 amide bonds. The van der Waals surface area contributed by atoms with E-state index < -0.39 is 0 Å². The van der Waals surface area contributed by atoms with Gasteiger partial charge in [0.1, 0.15) is 0 Å². The zero-order chi connectivity index (χ0) is 21.7. The predicted molar refractivity (Wildman–Crippen MR) is 125 cm³/mol. The van der Waals surface area contributed by atoms with Gasteiger partial charge < -0.3 is 10.0 Å². The lowest BCUT2D eigenvalue weighted by Gasteiger charge is -2.37. The van der Waals surface area contributed by atoms with E-state index in [0.29, 0.717) is 6.42 Å². The molecule has 0 saturated carbocycles.